The number of ketones is 1. The Kier molecular flexibility index (Phi) is 5.20. The number of esters is 1. The zero-order chi connectivity index (χ0) is 20.4. The maximum absolute atomic E-state index is 12.5. The number of carbonyl (C=O) groups excluding carboxylic acids is 3. The molecule has 7 heteroatoms. The van der Waals surface area contributed by atoms with Crippen molar-refractivity contribution in [2.24, 2.45) is 5.92 Å². The van der Waals surface area contributed by atoms with E-state index in [1.165, 1.54) is 0 Å². The minimum absolute atomic E-state index is 0.0272. The van der Waals surface area contributed by atoms with E-state index < -0.39 is 11.9 Å². The van der Waals surface area contributed by atoms with E-state index in [1.54, 1.807) is 54.3 Å². The zero-order valence-electron chi connectivity index (χ0n) is 16.1. The normalized spacial score (nSPS) is 17.9. The van der Waals surface area contributed by atoms with Gasteiger partial charge in [-0.1, -0.05) is 6.92 Å². The van der Waals surface area contributed by atoms with Gasteiger partial charge >= 0.3 is 5.97 Å². The number of Topliss-reactive ketones (excluding diaryl/α,β-unsaturated/α-hetero) is 1. The molecular formula is C22H21NO6. The Labute approximate surface area is 168 Å². The highest BCUT2D eigenvalue weighted by Gasteiger charge is 2.37. The third-order valence-electron chi connectivity index (χ3n) is 5.01. The van der Waals surface area contributed by atoms with E-state index in [0.717, 1.165) is 0 Å². The molecule has 2 aliphatic rings. The Bertz CT molecular complexity index is 952. The summed E-state index contributed by atoms with van der Waals surface area (Å²) in [5.74, 6) is 0.447. The van der Waals surface area contributed by atoms with E-state index in [9.17, 15) is 14.4 Å². The zero-order valence-corrected chi connectivity index (χ0v) is 16.1. The van der Waals surface area contributed by atoms with Crippen molar-refractivity contribution >= 4 is 23.3 Å². The predicted octanol–water partition coefficient (Wildman–Crippen LogP) is 3.01. The van der Waals surface area contributed by atoms with Gasteiger partial charge < -0.3 is 19.1 Å². The van der Waals surface area contributed by atoms with E-state index in [1.807, 2.05) is 0 Å². The second kappa shape index (κ2) is 7.95. The summed E-state index contributed by atoms with van der Waals surface area (Å²) in [6.45, 7) is 2.99. The molecule has 0 N–H and O–H groups in total. The van der Waals surface area contributed by atoms with E-state index in [2.05, 4.69) is 0 Å². The summed E-state index contributed by atoms with van der Waals surface area (Å²) in [6.07, 6.45) is 0.499. The molecule has 0 radical (unpaired) electrons. The lowest BCUT2D eigenvalue weighted by atomic mass is 10.1. The van der Waals surface area contributed by atoms with E-state index in [4.69, 9.17) is 14.2 Å². The monoisotopic (exact) mass is 395 g/mol. The number of anilines is 1. The Hall–Kier alpha value is -3.35. The summed E-state index contributed by atoms with van der Waals surface area (Å²) in [6, 6.07) is 11.8. The van der Waals surface area contributed by atoms with Gasteiger partial charge in [0.1, 0.15) is 19.0 Å². The highest BCUT2D eigenvalue weighted by atomic mass is 16.6. The lowest BCUT2D eigenvalue weighted by Crippen LogP contribution is -2.27. The van der Waals surface area contributed by atoms with E-state index in [0.29, 0.717) is 48.1 Å². The van der Waals surface area contributed by atoms with Gasteiger partial charge in [-0.25, -0.2) is 0 Å². The maximum Gasteiger partial charge on any atom is 0.316 e. The quantitative estimate of drug-likeness (QED) is 0.440. The van der Waals surface area contributed by atoms with Crippen LogP contribution in [0.5, 0.6) is 17.2 Å². The Balaban J connectivity index is 1.42. The molecule has 1 atom stereocenters. The van der Waals surface area contributed by atoms with Crippen LogP contribution >= 0.6 is 0 Å². The highest BCUT2D eigenvalue weighted by molar-refractivity contribution is 6.00. The lowest BCUT2D eigenvalue weighted by Gasteiger charge is -2.22. The van der Waals surface area contributed by atoms with Crippen molar-refractivity contribution < 1.29 is 28.6 Å². The first-order chi connectivity index (χ1) is 14.0. The average Bonchev–Trinajstić information content (AvgIpc) is 3.15. The van der Waals surface area contributed by atoms with E-state index >= 15 is 0 Å². The highest BCUT2D eigenvalue weighted by Crippen LogP contribution is 2.36. The molecule has 2 heterocycles. The molecule has 29 heavy (non-hydrogen) atoms. The summed E-state index contributed by atoms with van der Waals surface area (Å²) < 4.78 is 16.5. The minimum Gasteiger partial charge on any atom is -0.486 e. The molecule has 150 valence electrons. The van der Waals surface area contributed by atoms with Gasteiger partial charge in [0, 0.05) is 36.7 Å². The van der Waals surface area contributed by atoms with Crippen molar-refractivity contribution in [1.29, 1.82) is 0 Å². The smallest absolute Gasteiger partial charge is 0.316 e. The van der Waals surface area contributed by atoms with Gasteiger partial charge in [0.25, 0.3) is 0 Å². The summed E-state index contributed by atoms with van der Waals surface area (Å²) in [4.78, 5) is 38.3. The number of ether oxygens (including phenoxy) is 3. The van der Waals surface area contributed by atoms with Crippen molar-refractivity contribution in [3.63, 3.8) is 0 Å². The topological polar surface area (TPSA) is 82.1 Å². The molecule has 0 bridgehead atoms. The number of benzene rings is 2. The fourth-order valence-corrected chi connectivity index (χ4v) is 3.43. The van der Waals surface area contributed by atoms with Crippen LogP contribution in [0.1, 0.15) is 30.1 Å². The standard InChI is InChI=1S/C22H21NO6/c1-2-18(24)14-3-6-17(7-4-14)29-22(26)15-11-21(25)23(13-15)16-5-8-19-20(12-16)28-10-9-27-19/h3-8,12,15H,2,9-11,13H2,1H3/t15-/m1/s1. The number of rotatable bonds is 5. The van der Waals surface area contributed by atoms with Crippen LogP contribution in [0, 0.1) is 5.92 Å². The molecule has 2 aliphatic heterocycles. The molecular weight excluding hydrogens is 374 g/mol. The van der Waals surface area contributed by atoms with Gasteiger partial charge in [0.2, 0.25) is 5.91 Å². The molecule has 0 aliphatic carbocycles. The Morgan fingerprint density at radius 1 is 1.07 bits per heavy atom. The van der Waals surface area contributed by atoms with Crippen LogP contribution in [-0.2, 0) is 9.59 Å². The fourth-order valence-electron chi connectivity index (χ4n) is 3.43. The van der Waals surface area contributed by atoms with Gasteiger partial charge in [-0.15, -0.1) is 0 Å². The van der Waals surface area contributed by atoms with Crippen molar-refractivity contribution in [2.45, 2.75) is 19.8 Å². The van der Waals surface area contributed by atoms with Crippen molar-refractivity contribution in [3.05, 3.63) is 48.0 Å². The predicted molar refractivity (Wildman–Crippen MR) is 105 cm³/mol. The van der Waals surface area contributed by atoms with Crippen LogP contribution in [-0.4, -0.2) is 37.4 Å². The number of fused-ring (bicyclic) bond motifs is 1. The second-order valence-corrected chi connectivity index (χ2v) is 6.96. The largest absolute Gasteiger partial charge is 0.486 e. The van der Waals surface area contributed by atoms with Gasteiger partial charge in [0.05, 0.1) is 5.92 Å². The first-order valence-electron chi connectivity index (χ1n) is 9.60. The molecule has 0 spiro atoms. The number of hydrogen-bond donors (Lipinski definition) is 0. The summed E-state index contributed by atoms with van der Waals surface area (Å²) in [5, 5.41) is 0. The number of hydrogen-bond acceptors (Lipinski definition) is 6. The van der Waals surface area contributed by atoms with Crippen LogP contribution < -0.4 is 19.1 Å². The summed E-state index contributed by atoms with van der Waals surface area (Å²) >= 11 is 0. The molecule has 0 saturated carbocycles. The Morgan fingerprint density at radius 3 is 2.52 bits per heavy atom. The van der Waals surface area contributed by atoms with Crippen molar-refractivity contribution in [2.75, 3.05) is 24.7 Å². The first-order valence-corrected chi connectivity index (χ1v) is 9.60. The van der Waals surface area contributed by atoms with E-state index in [-0.39, 0.29) is 24.7 Å². The maximum atomic E-state index is 12.5. The molecule has 0 aromatic heterocycles. The van der Waals surface area contributed by atoms with Crippen LogP contribution in [0.3, 0.4) is 0 Å². The molecule has 7 nitrogen and oxygen atoms in total. The van der Waals surface area contributed by atoms with Gasteiger partial charge in [-0.3, -0.25) is 14.4 Å². The molecule has 2 aromatic rings. The lowest BCUT2D eigenvalue weighted by molar-refractivity contribution is -0.139. The Morgan fingerprint density at radius 2 is 1.79 bits per heavy atom. The van der Waals surface area contributed by atoms with Gasteiger partial charge in [0.15, 0.2) is 17.3 Å². The summed E-state index contributed by atoms with van der Waals surface area (Å²) in [7, 11) is 0. The average molecular weight is 395 g/mol. The second-order valence-electron chi connectivity index (χ2n) is 6.96. The van der Waals surface area contributed by atoms with Crippen LogP contribution in [0.4, 0.5) is 5.69 Å². The SMILES string of the molecule is CCC(=O)c1ccc(OC(=O)[C@@H]2CC(=O)N(c3ccc4c(c3)OCCO4)C2)cc1. The molecule has 2 aromatic carbocycles. The number of nitrogens with zero attached hydrogens (tertiary/aromatic N) is 1. The van der Waals surface area contributed by atoms with Gasteiger partial charge in [-0.05, 0) is 36.4 Å². The first kappa shape index (κ1) is 19.0. The molecule has 4 rings (SSSR count). The summed E-state index contributed by atoms with van der Waals surface area (Å²) in [5.41, 5.74) is 1.24. The third-order valence-corrected chi connectivity index (χ3v) is 5.01. The minimum atomic E-state index is -0.562. The van der Waals surface area contributed by atoms with Crippen LogP contribution in [0.2, 0.25) is 0 Å². The molecule has 1 amide bonds. The number of amides is 1. The molecule has 1 fully saturated rings. The van der Waals surface area contributed by atoms with Crippen molar-refractivity contribution in [3.8, 4) is 17.2 Å². The van der Waals surface area contributed by atoms with Crippen LogP contribution in [0.25, 0.3) is 0 Å². The number of carbonyl (C=O) groups is 3. The molecule has 0 unspecified atom stereocenters. The van der Waals surface area contributed by atoms with Gasteiger partial charge in [-0.2, -0.15) is 0 Å². The van der Waals surface area contributed by atoms with Crippen molar-refractivity contribution in [1.82, 2.24) is 0 Å². The fraction of sp³-hybridized carbons (Fsp3) is 0.318. The van der Waals surface area contributed by atoms with Crippen LogP contribution in [0.15, 0.2) is 42.5 Å². The molecule has 1 saturated heterocycles. The third kappa shape index (κ3) is 3.94.